The summed E-state index contributed by atoms with van der Waals surface area (Å²) < 4.78 is 25.4. The van der Waals surface area contributed by atoms with Crippen molar-refractivity contribution < 1.29 is 23.1 Å². The number of anilines is 1. The maximum Gasteiger partial charge on any atom is 0.326 e. The molecule has 2 N–H and O–H groups in total. The van der Waals surface area contributed by atoms with Crippen LogP contribution in [0.3, 0.4) is 0 Å². The number of sulfonamides is 1. The molecule has 0 spiro atoms. The minimum Gasteiger partial charge on any atom is -0.480 e. The molecule has 0 bridgehead atoms. The zero-order valence-electron chi connectivity index (χ0n) is 14.7. The van der Waals surface area contributed by atoms with E-state index in [0.717, 1.165) is 0 Å². The number of hydrogen-bond acceptors (Lipinski definition) is 4. The van der Waals surface area contributed by atoms with E-state index < -0.39 is 27.9 Å². The average Bonchev–Trinajstić information content (AvgIpc) is 2.90. The van der Waals surface area contributed by atoms with Crippen LogP contribution in [-0.4, -0.2) is 43.7 Å². The molecule has 1 fully saturated rings. The summed E-state index contributed by atoms with van der Waals surface area (Å²) in [5.41, 5.74) is 1.48. The Labute approximate surface area is 148 Å². The molecule has 138 valence electrons. The number of nitrogens with one attached hydrogen (secondary N) is 1. The Morgan fingerprint density at radius 1 is 1.36 bits per heavy atom. The van der Waals surface area contributed by atoms with Gasteiger partial charge >= 0.3 is 5.97 Å². The number of hydrogen-bond donors (Lipinski definition) is 2. The molecular weight excluding hydrogens is 344 g/mol. The van der Waals surface area contributed by atoms with Gasteiger partial charge in [-0.2, -0.15) is 0 Å². The predicted molar refractivity (Wildman–Crippen MR) is 95.3 cm³/mol. The predicted octanol–water partition coefficient (Wildman–Crippen LogP) is 1.76. The Hall–Kier alpha value is -2.09. The van der Waals surface area contributed by atoms with Gasteiger partial charge in [0, 0.05) is 12.1 Å². The van der Waals surface area contributed by atoms with Crippen LogP contribution in [0, 0.1) is 12.8 Å². The molecule has 2 atom stereocenters. The van der Waals surface area contributed by atoms with Crippen LogP contribution in [-0.2, 0) is 14.8 Å². The molecule has 0 unspecified atom stereocenters. The van der Waals surface area contributed by atoms with Gasteiger partial charge in [0.25, 0.3) is 5.91 Å². The Morgan fingerprint density at radius 3 is 2.52 bits per heavy atom. The van der Waals surface area contributed by atoms with E-state index >= 15 is 0 Å². The van der Waals surface area contributed by atoms with Gasteiger partial charge in [-0.3, -0.25) is 9.10 Å². The van der Waals surface area contributed by atoms with E-state index in [1.165, 1.54) is 4.31 Å². The van der Waals surface area contributed by atoms with Crippen molar-refractivity contribution in [2.75, 3.05) is 16.6 Å². The van der Waals surface area contributed by atoms with Gasteiger partial charge in [0.15, 0.2) is 0 Å². The highest BCUT2D eigenvalue weighted by atomic mass is 32.2. The summed E-state index contributed by atoms with van der Waals surface area (Å²) in [6.45, 7) is 5.78. The largest absolute Gasteiger partial charge is 0.480 e. The maximum absolute atomic E-state index is 12.5. The van der Waals surface area contributed by atoms with Gasteiger partial charge in [0.05, 0.1) is 11.4 Å². The fourth-order valence-corrected chi connectivity index (χ4v) is 4.45. The SMILES string of the molecule is CC[C@H](C)[C@H](NC(=O)c1ccc(N2CCCS2(=O)=O)cc1C)C(=O)O. The zero-order valence-corrected chi connectivity index (χ0v) is 15.5. The second-order valence-electron chi connectivity index (χ2n) is 6.42. The number of nitrogens with zero attached hydrogens (tertiary/aromatic N) is 1. The van der Waals surface area contributed by atoms with Gasteiger partial charge in [-0.15, -0.1) is 0 Å². The highest BCUT2D eigenvalue weighted by molar-refractivity contribution is 7.93. The van der Waals surface area contributed by atoms with Crippen LogP contribution in [0.1, 0.15) is 42.6 Å². The van der Waals surface area contributed by atoms with Crippen LogP contribution in [0.2, 0.25) is 0 Å². The van der Waals surface area contributed by atoms with E-state index in [9.17, 15) is 23.1 Å². The summed E-state index contributed by atoms with van der Waals surface area (Å²) in [5, 5.41) is 11.9. The van der Waals surface area contributed by atoms with E-state index in [1.807, 2.05) is 6.92 Å². The van der Waals surface area contributed by atoms with Crippen molar-refractivity contribution in [1.29, 1.82) is 0 Å². The van der Waals surface area contributed by atoms with Crippen molar-refractivity contribution in [3.05, 3.63) is 29.3 Å². The monoisotopic (exact) mass is 368 g/mol. The molecule has 7 nitrogen and oxygen atoms in total. The molecule has 1 amide bonds. The smallest absolute Gasteiger partial charge is 0.326 e. The van der Waals surface area contributed by atoms with Gasteiger partial charge in [-0.25, -0.2) is 13.2 Å². The molecule has 8 heteroatoms. The quantitative estimate of drug-likeness (QED) is 0.796. The molecule has 1 aromatic carbocycles. The maximum atomic E-state index is 12.5. The number of aryl methyl sites for hydroxylation is 1. The van der Waals surface area contributed by atoms with Gasteiger partial charge in [-0.05, 0) is 43.0 Å². The third kappa shape index (κ3) is 4.12. The Bertz CT molecular complexity index is 775. The van der Waals surface area contributed by atoms with E-state index in [4.69, 9.17) is 0 Å². The number of amides is 1. The molecule has 1 aromatic rings. The first kappa shape index (κ1) is 19.2. The number of rotatable bonds is 6. The lowest BCUT2D eigenvalue weighted by Crippen LogP contribution is -2.45. The third-order valence-electron chi connectivity index (χ3n) is 4.61. The van der Waals surface area contributed by atoms with Gasteiger partial charge < -0.3 is 10.4 Å². The fourth-order valence-electron chi connectivity index (χ4n) is 2.89. The molecule has 1 aliphatic heterocycles. The summed E-state index contributed by atoms with van der Waals surface area (Å²) in [4.78, 5) is 23.8. The number of aliphatic carboxylic acids is 1. The molecular formula is C17H24N2O5S. The topological polar surface area (TPSA) is 104 Å². The van der Waals surface area contributed by atoms with Crippen LogP contribution >= 0.6 is 0 Å². The van der Waals surface area contributed by atoms with E-state index in [2.05, 4.69) is 5.32 Å². The first-order valence-corrected chi connectivity index (χ1v) is 9.93. The third-order valence-corrected chi connectivity index (χ3v) is 6.48. The van der Waals surface area contributed by atoms with Gasteiger partial charge in [0.2, 0.25) is 10.0 Å². The summed E-state index contributed by atoms with van der Waals surface area (Å²) in [6, 6.07) is 3.82. The minimum absolute atomic E-state index is 0.128. The molecule has 0 aliphatic carbocycles. The summed E-state index contributed by atoms with van der Waals surface area (Å²) in [6.07, 6.45) is 1.21. The van der Waals surface area contributed by atoms with Crippen LogP contribution in [0.25, 0.3) is 0 Å². The highest BCUT2D eigenvalue weighted by Gasteiger charge is 2.29. The number of carboxylic acids is 1. The van der Waals surface area contributed by atoms with Crippen LogP contribution in [0.15, 0.2) is 18.2 Å². The lowest BCUT2D eigenvalue weighted by atomic mass is 9.98. The lowest BCUT2D eigenvalue weighted by Gasteiger charge is -2.21. The Kier molecular flexibility index (Phi) is 5.72. The molecule has 0 saturated carbocycles. The van der Waals surface area contributed by atoms with Crippen molar-refractivity contribution in [2.24, 2.45) is 5.92 Å². The molecule has 25 heavy (non-hydrogen) atoms. The summed E-state index contributed by atoms with van der Waals surface area (Å²) >= 11 is 0. The second-order valence-corrected chi connectivity index (χ2v) is 8.43. The molecule has 2 rings (SSSR count). The standard InChI is InChI=1S/C17H24N2O5S/c1-4-11(2)15(17(21)22)18-16(20)14-7-6-13(10-12(14)3)19-8-5-9-25(19,23)24/h6-7,10-11,15H,4-5,8-9H2,1-3H3,(H,18,20)(H,21,22)/t11-,15-/m0/s1. The average molecular weight is 368 g/mol. The lowest BCUT2D eigenvalue weighted by molar-refractivity contribution is -0.140. The summed E-state index contributed by atoms with van der Waals surface area (Å²) in [7, 11) is -3.28. The normalized spacial score (nSPS) is 18.6. The fraction of sp³-hybridized carbons (Fsp3) is 0.529. The molecule has 1 aliphatic rings. The van der Waals surface area contributed by atoms with Gasteiger partial charge in [-0.1, -0.05) is 20.3 Å². The molecule has 0 aromatic heterocycles. The van der Waals surface area contributed by atoms with E-state index in [-0.39, 0.29) is 11.7 Å². The van der Waals surface area contributed by atoms with Crippen molar-refractivity contribution in [3.8, 4) is 0 Å². The highest BCUT2D eigenvalue weighted by Crippen LogP contribution is 2.26. The second kappa shape index (κ2) is 7.43. The molecule has 1 saturated heterocycles. The van der Waals surface area contributed by atoms with E-state index in [1.54, 1.807) is 32.0 Å². The number of carbonyl (C=O) groups excluding carboxylic acids is 1. The Balaban J connectivity index is 2.23. The molecule has 1 heterocycles. The number of benzene rings is 1. The number of carbonyl (C=O) groups is 2. The number of carboxylic acid groups (broad SMARTS) is 1. The van der Waals surface area contributed by atoms with Crippen LogP contribution in [0.4, 0.5) is 5.69 Å². The van der Waals surface area contributed by atoms with Crippen LogP contribution < -0.4 is 9.62 Å². The van der Waals surface area contributed by atoms with Crippen molar-refractivity contribution in [3.63, 3.8) is 0 Å². The van der Waals surface area contributed by atoms with E-state index in [0.29, 0.717) is 36.2 Å². The Morgan fingerprint density at radius 2 is 2.04 bits per heavy atom. The minimum atomic E-state index is -3.28. The first-order valence-electron chi connectivity index (χ1n) is 8.32. The first-order chi connectivity index (χ1) is 11.7. The van der Waals surface area contributed by atoms with Crippen molar-refractivity contribution in [1.82, 2.24) is 5.32 Å². The van der Waals surface area contributed by atoms with Crippen molar-refractivity contribution >= 4 is 27.6 Å². The van der Waals surface area contributed by atoms with Gasteiger partial charge in [0.1, 0.15) is 6.04 Å². The van der Waals surface area contributed by atoms with Crippen LogP contribution in [0.5, 0.6) is 0 Å². The van der Waals surface area contributed by atoms with Crippen molar-refractivity contribution in [2.45, 2.75) is 39.7 Å². The summed E-state index contributed by atoms with van der Waals surface area (Å²) in [5.74, 6) is -1.61. The molecule has 0 radical (unpaired) electrons. The zero-order chi connectivity index (χ0) is 18.8.